The Labute approximate surface area is 125 Å². The summed E-state index contributed by atoms with van der Waals surface area (Å²) in [6.45, 7) is 4.96. The molecule has 1 aromatic carbocycles. The van der Waals surface area contributed by atoms with Crippen molar-refractivity contribution in [2.24, 2.45) is 10.9 Å². The maximum absolute atomic E-state index is 10.6. The second kappa shape index (κ2) is 7.06. The second-order valence-corrected chi connectivity index (χ2v) is 5.49. The first-order chi connectivity index (χ1) is 10.1. The summed E-state index contributed by atoms with van der Waals surface area (Å²) in [4.78, 5) is 16.8. The van der Waals surface area contributed by atoms with E-state index in [9.17, 15) is 10.1 Å². The van der Waals surface area contributed by atoms with Gasteiger partial charge in [-0.05, 0) is 24.3 Å². The summed E-state index contributed by atoms with van der Waals surface area (Å²) < 4.78 is 0. The lowest BCUT2D eigenvalue weighted by Crippen LogP contribution is -2.45. The van der Waals surface area contributed by atoms with E-state index in [1.165, 1.54) is 25.0 Å². The fourth-order valence-corrected chi connectivity index (χ4v) is 2.47. The van der Waals surface area contributed by atoms with Gasteiger partial charge in [-0.15, -0.1) is 0 Å². The molecular formula is C15H22N4O2. The number of nitrogens with zero attached hydrogens (tertiary/aromatic N) is 3. The minimum absolute atomic E-state index is 0.119. The van der Waals surface area contributed by atoms with E-state index in [4.69, 9.17) is 0 Å². The van der Waals surface area contributed by atoms with Gasteiger partial charge in [0.2, 0.25) is 0 Å². The average Bonchev–Trinajstić information content (AvgIpc) is 2.50. The Morgan fingerprint density at radius 3 is 2.52 bits per heavy atom. The molecule has 0 aliphatic carbocycles. The zero-order valence-corrected chi connectivity index (χ0v) is 12.6. The largest absolute Gasteiger partial charge is 0.352 e. The quantitative estimate of drug-likeness (QED) is 0.401. The Kier molecular flexibility index (Phi) is 5.14. The normalized spacial score (nSPS) is 16.9. The summed E-state index contributed by atoms with van der Waals surface area (Å²) in [6, 6.07) is 6.61. The molecule has 1 fully saturated rings. The van der Waals surface area contributed by atoms with E-state index in [1.807, 2.05) is 0 Å². The van der Waals surface area contributed by atoms with Gasteiger partial charge >= 0.3 is 0 Å². The Morgan fingerprint density at radius 2 is 2.00 bits per heavy atom. The van der Waals surface area contributed by atoms with Gasteiger partial charge in [0.05, 0.1) is 4.92 Å². The molecule has 0 unspecified atom stereocenters. The van der Waals surface area contributed by atoms with E-state index in [0.29, 0.717) is 6.54 Å². The molecule has 1 aliphatic heterocycles. The van der Waals surface area contributed by atoms with Gasteiger partial charge in [0.1, 0.15) is 0 Å². The van der Waals surface area contributed by atoms with Crippen LogP contribution in [0.15, 0.2) is 29.3 Å². The maximum atomic E-state index is 10.6. The average molecular weight is 290 g/mol. The minimum Gasteiger partial charge on any atom is -0.352 e. The SMILES string of the molecule is CN=C(NCc1ccc([N+](=O)[O-])cc1)N1CCC(C)CC1. The highest BCUT2D eigenvalue weighted by atomic mass is 16.6. The Hall–Kier alpha value is -2.11. The molecular weight excluding hydrogens is 268 g/mol. The highest BCUT2D eigenvalue weighted by Crippen LogP contribution is 2.16. The van der Waals surface area contributed by atoms with Crippen molar-refractivity contribution in [3.05, 3.63) is 39.9 Å². The smallest absolute Gasteiger partial charge is 0.269 e. The first-order valence-electron chi connectivity index (χ1n) is 7.29. The molecule has 1 aromatic rings. The number of hydrogen-bond donors (Lipinski definition) is 1. The van der Waals surface area contributed by atoms with Crippen molar-refractivity contribution in [2.75, 3.05) is 20.1 Å². The lowest BCUT2D eigenvalue weighted by atomic mass is 10.00. The summed E-state index contributed by atoms with van der Waals surface area (Å²) in [5.41, 5.74) is 1.13. The molecule has 0 bridgehead atoms. The lowest BCUT2D eigenvalue weighted by Gasteiger charge is -2.32. The molecule has 21 heavy (non-hydrogen) atoms. The second-order valence-electron chi connectivity index (χ2n) is 5.49. The van der Waals surface area contributed by atoms with Crippen LogP contribution in [0.25, 0.3) is 0 Å². The number of aliphatic imine (C=N–C) groups is 1. The van der Waals surface area contributed by atoms with Crippen molar-refractivity contribution in [2.45, 2.75) is 26.3 Å². The lowest BCUT2D eigenvalue weighted by molar-refractivity contribution is -0.384. The van der Waals surface area contributed by atoms with Gasteiger partial charge in [0, 0.05) is 38.8 Å². The predicted molar refractivity (Wildman–Crippen MR) is 83.3 cm³/mol. The van der Waals surface area contributed by atoms with Crippen LogP contribution in [0, 0.1) is 16.0 Å². The molecule has 114 valence electrons. The molecule has 0 aromatic heterocycles. The molecule has 1 N–H and O–H groups in total. The van der Waals surface area contributed by atoms with Crippen LogP contribution in [0.2, 0.25) is 0 Å². The fourth-order valence-electron chi connectivity index (χ4n) is 2.47. The highest BCUT2D eigenvalue weighted by Gasteiger charge is 2.18. The van der Waals surface area contributed by atoms with Crippen LogP contribution in [0.1, 0.15) is 25.3 Å². The number of piperidine rings is 1. The third kappa shape index (κ3) is 4.18. The monoisotopic (exact) mass is 290 g/mol. The van der Waals surface area contributed by atoms with Crippen LogP contribution in [-0.2, 0) is 6.54 Å². The van der Waals surface area contributed by atoms with E-state index in [2.05, 4.69) is 22.1 Å². The Bertz CT molecular complexity index is 505. The number of nitro groups is 1. The van der Waals surface area contributed by atoms with Crippen molar-refractivity contribution in [1.82, 2.24) is 10.2 Å². The van der Waals surface area contributed by atoms with Crippen LogP contribution < -0.4 is 5.32 Å². The van der Waals surface area contributed by atoms with Crippen molar-refractivity contribution in [1.29, 1.82) is 0 Å². The minimum atomic E-state index is -0.384. The summed E-state index contributed by atoms with van der Waals surface area (Å²) >= 11 is 0. The summed E-state index contributed by atoms with van der Waals surface area (Å²) in [7, 11) is 1.79. The molecule has 6 heteroatoms. The molecule has 2 rings (SSSR count). The number of nitrogens with one attached hydrogen (secondary N) is 1. The molecule has 0 saturated carbocycles. The van der Waals surface area contributed by atoms with Crippen molar-refractivity contribution in [3.63, 3.8) is 0 Å². The molecule has 1 aliphatic rings. The van der Waals surface area contributed by atoms with Crippen LogP contribution >= 0.6 is 0 Å². The summed E-state index contributed by atoms with van der Waals surface area (Å²) in [5, 5.41) is 13.9. The van der Waals surface area contributed by atoms with Crippen molar-refractivity contribution < 1.29 is 4.92 Å². The zero-order chi connectivity index (χ0) is 15.2. The predicted octanol–water partition coefficient (Wildman–Crippen LogP) is 2.40. The Balaban J connectivity index is 1.89. The van der Waals surface area contributed by atoms with Gasteiger partial charge < -0.3 is 10.2 Å². The number of non-ortho nitro benzene ring substituents is 1. The van der Waals surface area contributed by atoms with Gasteiger partial charge in [0.25, 0.3) is 5.69 Å². The molecule has 0 spiro atoms. The number of hydrogen-bond acceptors (Lipinski definition) is 3. The molecule has 0 radical (unpaired) electrons. The number of rotatable bonds is 3. The summed E-state index contributed by atoms with van der Waals surface area (Å²) in [6.07, 6.45) is 2.39. The Morgan fingerprint density at radius 1 is 1.38 bits per heavy atom. The van der Waals surface area contributed by atoms with Gasteiger partial charge in [-0.3, -0.25) is 15.1 Å². The number of guanidine groups is 1. The molecule has 6 nitrogen and oxygen atoms in total. The zero-order valence-electron chi connectivity index (χ0n) is 12.6. The maximum Gasteiger partial charge on any atom is 0.269 e. The third-order valence-corrected chi connectivity index (χ3v) is 3.89. The first-order valence-corrected chi connectivity index (χ1v) is 7.29. The molecule has 0 amide bonds. The van der Waals surface area contributed by atoms with E-state index >= 15 is 0 Å². The number of benzene rings is 1. The molecule has 1 heterocycles. The molecule has 1 saturated heterocycles. The first kappa shape index (κ1) is 15.3. The number of nitro benzene ring substituents is 1. The van der Waals surface area contributed by atoms with Crippen LogP contribution in [0.5, 0.6) is 0 Å². The number of likely N-dealkylation sites (tertiary alicyclic amines) is 1. The standard InChI is InChI=1S/C15H22N4O2/c1-12-7-9-18(10-8-12)15(16-2)17-11-13-3-5-14(6-4-13)19(20)21/h3-6,12H,7-11H2,1-2H3,(H,16,17). The highest BCUT2D eigenvalue weighted by molar-refractivity contribution is 5.79. The van der Waals surface area contributed by atoms with Crippen molar-refractivity contribution in [3.8, 4) is 0 Å². The van der Waals surface area contributed by atoms with Gasteiger partial charge in [-0.1, -0.05) is 19.1 Å². The van der Waals surface area contributed by atoms with E-state index < -0.39 is 0 Å². The molecule has 0 atom stereocenters. The van der Waals surface area contributed by atoms with Crippen LogP contribution in [-0.4, -0.2) is 35.9 Å². The van der Waals surface area contributed by atoms with Gasteiger partial charge in [0.15, 0.2) is 5.96 Å². The van der Waals surface area contributed by atoms with Crippen LogP contribution in [0.3, 0.4) is 0 Å². The van der Waals surface area contributed by atoms with Gasteiger partial charge in [-0.2, -0.15) is 0 Å². The van der Waals surface area contributed by atoms with Crippen LogP contribution in [0.4, 0.5) is 5.69 Å². The van der Waals surface area contributed by atoms with Gasteiger partial charge in [-0.25, -0.2) is 0 Å². The third-order valence-electron chi connectivity index (χ3n) is 3.89. The van der Waals surface area contributed by atoms with E-state index in [1.54, 1.807) is 19.2 Å². The van der Waals surface area contributed by atoms with Crippen molar-refractivity contribution >= 4 is 11.6 Å². The topological polar surface area (TPSA) is 70.8 Å². The summed E-state index contributed by atoms with van der Waals surface area (Å²) in [5.74, 6) is 1.69. The van der Waals surface area contributed by atoms with E-state index in [0.717, 1.165) is 30.5 Å². The fraction of sp³-hybridized carbons (Fsp3) is 0.533. The van der Waals surface area contributed by atoms with E-state index in [-0.39, 0.29) is 10.6 Å².